The number of hydrogen-bond acceptors (Lipinski definition) is 8. The molecule has 0 rings (SSSR count). The molecule has 0 saturated heterocycles. The van der Waals surface area contributed by atoms with Crippen LogP contribution in [0.25, 0.3) is 0 Å². The third-order valence-electron chi connectivity index (χ3n) is 4.46. The van der Waals surface area contributed by atoms with Gasteiger partial charge >= 0.3 is 5.97 Å². The van der Waals surface area contributed by atoms with Gasteiger partial charge in [0.15, 0.2) is 5.96 Å². The summed E-state index contributed by atoms with van der Waals surface area (Å²) in [7, 11) is 0. The summed E-state index contributed by atoms with van der Waals surface area (Å²) >= 11 is 3.89. The van der Waals surface area contributed by atoms with E-state index in [0.29, 0.717) is 0 Å². The number of aliphatic carboxylic acids is 1. The van der Waals surface area contributed by atoms with Crippen molar-refractivity contribution in [2.75, 3.05) is 12.3 Å². The van der Waals surface area contributed by atoms with Crippen LogP contribution < -0.4 is 33.2 Å². The number of aliphatic hydroxyl groups is 1. The summed E-state index contributed by atoms with van der Waals surface area (Å²) in [4.78, 5) is 52.6. The highest BCUT2D eigenvalue weighted by molar-refractivity contribution is 7.80. The average Bonchev–Trinajstić information content (AvgIpc) is 2.70. The molecule has 184 valence electrons. The molecule has 11 N–H and O–H groups in total. The van der Waals surface area contributed by atoms with Gasteiger partial charge in [-0.3, -0.25) is 19.4 Å². The number of carboxylic acids is 1. The third-order valence-corrected chi connectivity index (χ3v) is 4.82. The Bertz CT molecular complexity index is 685. The van der Waals surface area contributed by atoms with E-state index >= 15 is 0 Å². The van der Waals surface area contributed by atoms with E-state index in [1.165, 1.54) is 6.92 Å². The standard InChI is InChI=1S/C18H35N7O6S/c1-8(2)12(19)15(28)25-13(9(3)26)16(29)23-10(5-4-6-22-18(20)21)14(27)24-11(7-32)17(30)31/h8-13,26,32H,4-7,19H2,1-3H3,(H,23,29)(H,24,27)(H,25,28)(H,30,31)(H4,20,21,22). The van der Waals surface area contributed by atoms with Crippen LogP contribution in [0.3, 0.4) is 0 Å². The predicted molar refractivity (Wildman–Crippen MR) is 122 cm³/mol. The van der Waals surface area contributed by atoms with Crippen molar-refractivity contribution in [3.63, 3.8) is 0 Å². The Kier molecular flexibility index (Phi) is 13.3. The number of aliphatic hydroxyl groups excluding tert-OH is 1. The normalized spacial score (nSPS) is 15.6. The molecule has 0 aromatic carbocycles. The van der Waals surface area contributed by atoms with E-state index in [9.17, 15) is 24.3 Å². The van der Waals surface area contributed by atoms with Crippen LogP contribution in [0.5, 0.6) is 0 Å². The second kappa shape index (κ2) is 14.5. The summed E-state index contributed by atoms with van der Waals surface area (Å²) in [5.74, 6) is -4.09. The number of hydrogen-bond donors (Lipinski definition) is 9. The van der Waals surface area contributed by atoms with Crippen LogP contribution in [-0.2, 0) is 19.2 Å². The largest absolute Gasteiger partial charge is 0.480 e. The van der Waals surface area contributed by atoms with Crippen molar-refractivity contribution >= 4 is 42.3 Å². The fraction of sp³-hybridized carbons (Fsp3) is 0.722. The highest BCUT2D eigenvalue weighted by atomic mass is 32.1. The van der Waals surface area contributed by atoms with Crippen molar-refractivity contribution in [3.8, 4) is 0 Å². The zero-order valence-electron chi connectivity index (χ0n) is 18.4. The number of nitrogens with zero attached hydrogens (tertiary/aromatic N) is 1. The van der Waals surface area contributed by atoms with Crippen LogP contribution >= 0.6 is 12.6 Å². The molecule has 0 aromatic rings. The van der Waals surface area contributed by atoms with Gasteiger partial charge in [0.05, 0.1) is 12.1 Å². The van der Waals surface area contributed by atoms with Crippen molar-refractivity contribution in [2.24, 2.45) is 28.1 Å². The molecule has 0 heterocycles. The van der Waals surface area contributed by atoms with E-state index in [0.717, 1.165) is 0 Å². The molecule has 13 nitrogen and oxygen atoms in total. The second-order valence-electron chi connectivity index (χ2n) is 7.59. The molecule has 5 unspecified atom stereocenters. The third kappa shape index (κ3) is 10.6. The Morgan fingerprint density at radius 2 is 1.53 bits per heavy atom. The molecule has 0 aromatic heterocycles. The molecule has 14 heteroatoms. The first-order valence-electron chi connectivity index (χ1n) is 10.1. The Morgan fingerprint density at radius 1 is 0.969 bits per heavy atom. The maximum absolute atomic E-state index is 12.8. The number of carbonyl (C=O) groups excluding carboxylic acids is 3. The summed E-state index contributed by atoms with van der Waals surface area (Å²) in [5.41, 5.74) is 16.3. The van der Waals surface area contributed by atoms with E-state index in [2.05, 4.69) is 33.6 Å². The van der Waals surface area contributed by atoms with Crippen LogP contribution in [0, 0.1) is 5.92 Å². The first kappa shape index (κ1) is 29.4. The summed E-state index contributed by atoms with van der Waals surface area (Å²) in [6, 6.07) is -4.76. The Hall–Kier alpha value is -2.58. The fourth-order valence-electron chi connectivity index (χ4n) is 2.45. The smallest absolute Gasteiger partial charge is 0.327 e. The minimum absolute atomic E-state index is 0.0548. The lowest BCUT2D eigenvalue weighted by Crippen LogP contribution is -2.60. The Morgan fingerprint density at radius 3 is 1.97 bits per heavy atom. The number of guanidine groups is 1. The lowest BCUT2D eigenvalue weighted by molar-refractivity contribution is -0.141. The van der Waals surface area contributed by atoms with Crippen LogP contribution in [0.4, 0.5) is 0 Å². The van der Waals surface area contributed by atoms with E-state index in [4.69, 9.17) is 22.3 Å². The first-order valence-corrected chi connectivity index (χ1v) is 10.7. The van der Waals surface area contributed by atoms with Crippen LogP contribution in [-0.4, -0.2) is 82.4 Å². The van der Waals surface area contributed by atoms with Crippen molar-refractivity contribution in [2.45, 2.75) is 63.9 Å². The molecule has 0 saturated carbocycles. The Labute approximate surface area is 192 Å². The number of rotatable bonds is 14. The zero-order valence-corrected chi connectivity index (χ0v) is 19.3. The highest BCUT2D eigenvalue weighted by Gasteiger charge is 2.32. The molecule has 0 bridgehead atoms. The topological polar surface area (TPSA) is 235 Å². The lowest BCUT2D eigenvalue weighted by Gasteiger charge is -2.26. The van der Waals surface area contributed by atoms with Gasteiger partial charge in [0.2, 0.25) is 17.7 Å². The zero-order chi connectivity index (χ0) is 25.0. The maximum atomic E-state index is 12.8. The summed E-state index contributed by atoms with van der Waals surface area (Å²) in [6.45, 7) is 4.90. The van der Waals surface area contributed by atoms with Crippen LogP contribution in [0.15, 0.2) is 4.99 Å². The molecule has 0 radical (unpaired) electrons. The van der Waals surface area contributed by atoms with E-state index in [-0.39, 0.29) is 37.0 Å². The van der Waals surface area contributed by atoms with Gasteiger partial charge in [-0.15, -0.1) is 0 Å². The number of nitrogens with one attached hydrogen (secondary N) is 3. The number of aliphatic imine (C=N–C) groups is 1. The number of carbonyl (C=O) groups is 4. The van der Waals surface area contributed by atoms with Crippen molar-refractivity contribution in [3.05, 3.63) is 0 Å². The average molecular weight is 478 g/mol. The number of amides is 3. The minimum atomic E-state index is -1.39. The van der Waals surface area contributed by atoms with Gasteiger partial charge in [0.1, 0.15) is 18.1 Å². The van der Waals surface area contributed by atoms with Gasteiger partial charge in [0.25, 0.3) is 0 Å². The molecule has 5 atom stereocenters. The monoisotopic (exact) mass is 477 g/mol. The van der Waals surface area contributed by atoms with Gasteiger partial charge in [-0.25, -0.2) is 4.79 Å². The number of carboxylic acid groups (broad SMARTS) is 1. The Balaban J connectivity index is 5.45. The minimum Gasteiger partial charge on any atom is -0.480 e. The molecule has 0 aliphatic carbocycles. The van der Waals surface area contributed by atoms with Gasteiger partial charge in [-0.05, 0) is 25.7 Å². The van der Waals surface area contributed by atoms with E-state index < -0.39 is 54.0 Å². The van der Waals surface area contributed by atoms with E-state index in [1.54, 1.807) is 13.8 Å². The summed E-state index contributed by atoms with van der Waals surface area (Å²) in [6.07, 6.45) is -0.967. The number of nitrogens with two attached hydrogens (primary N) is 3. The predicted octanol–water partition coefficient (Wildman–Crippen LogP) is -3.13. The van der Waals surface area contributed by atoms with Gasteiger partial charge in [-0.1, -0.05) is 13.8 Å². The lowest BCUT2D eigenvalue weighted by atomic mass is 10.0. The quantitative estimate of drug-likeness (QED) is 0.0531. The second-order valence-corrected chi connectivity index (χ2v) is 7.95. The maximum Gasteiger partial charge on any atom is 0.327 e. The molecule has 0 spiro atoms. The highest BCUT2D eigenvalue weighted by Crippen LogP contribution is 2.05. The molecule has 32 heavy (non-hydrogen) atoms. The van der Waals surface area contributed by atoms with Gasteiger partial charge in [-0.2, -0.15) is 12.6 Å². The molecular formula is C18H35N7O6S. The van der Waals surface area contributed by atoms with Gasteiger partial charge in [0, 0.05) is 12.3 Å². The van der Waals surface area contributed by atoms with Crippen molar-refractivity contribution in [1.29, 1.82) is 0 Å². The summed E-state index contributed by atoms with van der Waals surface area (Å²) in [5, 5.41) is 26.2. The van der Waals surface area contributed by atoms with Crippen molar-refractivity contribution < 1.29 is 29.4 Å². The van der Waals surface area contributed by atoms with Crippen molar-refractivity contribution in [1.82, 2.24) is 16.0 Å². The molecular weight excluding hydrogens is 442 g/mol. The molecule has 0 aliphatic heterocycles. The number of thiol groups is 1. The summed E-state index contributed by atoms with van der Waals surface area (Å²) < 4.78 is 0. The van der Waals surface area contributed by atoms with E-state index in [1.807, 2.05) is 0 Å². The fourth-order valence-corrected chi connectivity index (χ4v) is 2.70. The molecule has 3 amide bonds. The molecule has 0 fully saturated rings. The first-order chi connectivity index (χ1) is 14.8. The van der Waals surface area contributed by atoms with Gasteiger partial charge < -0.3 is 43.4 Å². The SMILES string of the molecule is CC(C)C(N)C(=O)NC(C(=O)NC(CCCN=C(N)N)C(=O)NC(CS)C(=O)O)C(C)O. The molecule has 0 aliphatic rings. The van der Waals surface area contributed by atoms with Crippen LogP contribution in [0.1, 0.15) is 33.6 Å². The van der Waals surface area contributed by atoms with Crippen LogP contribution in [0.2, 0.25) is 0 Å².